The molecule has 1 N–H and O–H groups in total. The van der Waals surface area contributed by atoms with Crippen LogP contribution in [0, 0.1) is 10.1 Å². The molecular formula is C17H21ClN2O4. The molecule has 0 spiro atoms. The Morgan fingerprint density at radius 3 is 2.88 bits per heavy atom. The second-order valence-electron chi connectivity index (χ2n) is 5.78. The molecule has 1 atom stereocenters. The lowest BCUT2D eigenvalue weighted by molar-refractivity contribution is -0.384. The van der Waals surface area contributed by atoms with Gasteiger partial charge in [0.2, 0.25) is 0 Å². The van der Waals surface area contributed by atoms with E-state index in [9.17, 15) is 14.9 Å². The summed E-state index contributed by atoms with van der Waals surface area (Å²) < 4.78 is 5.50. The third-order valence-corrected chi connectivity index (χ3v) is 4.22. The van der Waals surface area contributed by atoms with Crippen LogP contribution in [-0.2, 0) is 4.79 Å². The molecule has 1 aromatic rings. The van der Waals surface area contributed by atoms with Gasteiger partial charge in [0.05, 0.1) is 9.95 Å². The molecule has 0 aliphatic heterocycles. The smallest absolute Gasteiger partial charge is 0.271 e. The number of nitrogens with one attached hydrogen (secondary N) is 1. The number of hydrogen-bond donors (Lipinski definition) is 1. The molecule has 0 aromatic heterocycles. The molecule has 0 radical (unpaired) electrons. The van der Waals surface area contributed by atoms with Gasteiger partial charge in [0, 0.05) is 18.7 Å². The molecule has 1 aliphatic carbocycles. The quantitative estimate of drug-likeness (QED) is 0.456. The van der Waals surface area contributed by atoms with E-state index in [2.05, 4.69) is 11.4 Å². The van der Waals surface area contributed by atoms with Crippen molar-refractivity contribution in [3.05, 3.63) is 45.0 Å². The molecule has 1 unspecified atom stereocenters. The number of non-ortho nitro benzene ring substituents is 1. The molecule has 1 amide bonds. The number of rotatable bonds is 7. The third-order valence-electron chi connectivity index (χ3n) is 3.93. The average molecular weight is 353 g/mol. The Labute approximate surface area is 146 Å². The van der Waals surface area contributed by atoms with E-state index in [4.69, 9.17) is 16.3 Å². The van der Waals surface area contributed by atoms with Crippen LogP contribution in [0.15, 0.2) is 29.8 Å². The van der Waals surface area contributed by atoms with Gasteiger partial charge in [-0.1, -0.05) is 23.3 Å². The summed E-state index contributed by atoms with van der Waals surface area (Å²) in [5, 5.41) is 13.6. The number of carbonyl (C=O) groups excluding carboxylic acids is 1. The van der Waals surface area contributed by atoms with Gasteiger partial charge in [0.25, 0.3) is 11.6 Å². The lowest BCUT2D eigenvalue weighted by Gasteiger charge is -2.17. The van der Waals surface area contributed by atoms with Gasteiger partial charge in [-0.2, -0.15) is 0 Å². The first-order valence-electron chi connectivity index (χ1n) is 8.03. The van der Waals surface area contributed by atoms with Crippen molar-refractivity contribution in [2.24, 2.45) is 0 Å². The van der Waals surface area contributed by atoms with Gasteiger partial charge in [-0.15, -0.1) is 0 Å². The summed E-state index contributed by atoms with van der Waals surface area (Å²) in [6.07, 6.45) is 7.09. The predicted octanol–water partition coefficient (Wildman–Crippen LogP) is 4.02. The monoisotopic (exact) mass is 352 g/mol. The van der Waals surface area contributed by atoms with E-state index < -0.39 is 11.0 Å². The highest BCUT2D eigenvalue weighted by Gasteiger charge is 2.17. The maximum absolute atomic E-state index is 12.1. The van der Waals surface area contributed by atoms with Gasteiger partial charge in [0.1, 0.15) is 5.75 Å². The van der Waals surface area contributed by atoms with E-state index in [1.807, 2.05) is 0 Å². The van der Waals surface area contributed by atoms with Gasteiger partial charge >= 0.3 is 0 Å². The van der Waals surface area contributed by atoms with Gasteiger partial charge in [0.15, 0.2) is 6.10 Å². The van der Waals surface area contributed by atoms with Crippen molar-refractivity contribution in [1.29, 1.82) is 0 Å². The van der Waals surface area contributed by atoms with Crippen LogP contribution >= 0.6 is 11.6 Å². The van der Waals surface area contributed by atoms with Crippen molar-refractivity contribution in [2.45, 2.75) is 45.1 Å². The first-order chi connectivity index (χ1) is 11.5. The number of hydrogen-bond acceptors (Lipinski definition) is 4. The maximum atomic E-state index is 12.1. The minimum atomic E-state index is -0.732. The molecule has 1 aliphatic rings. The van der Waals surface area contributed by atoms with Crippen molar-refractivity contribution >= 4 is 23.2 Å². The predicted molar refractivity (Wildman–Crippen MR) is 92.4 cm³/mol. The number of benzene rings is 1. The molecule has 2 rings (SSSR count). The van der Waals surface area contributed by atoms with Gasteiger partial charge in [-0.25, -0.2) is 0 Å². The molecule has 7 heteroatoms. The zero-order chi connectivity index (χ0) is 17.5. The zero-order valence-electron chi connectivity index (χ0n) is 13.6. The average Bonchev–Trinajstić information content (AvgIpc) is 2.57. The first-order valence-corrected chi connectivity index (χ1v) is 8.41. The van der Waals surface area contributed by atoms with Crippen LogP contribution in [0.5, 0.6) is 5.75 Å². The van der Waals surface area contributed by atoms with E-state index in [0.29, 0.717) is 6.54 Å². The fourth-order valence-corrected chi connectivity index (χ4v) is 2.78. The lowest BCUT2D eigenvalue weighted by Crippen LogP contribution is -2.37. The Morgan fingerprint density at radius 1 is 1.46 bits per heavy atom. The second kappa shape index (κ2) is 8.68. The van der Waals surface area contributed by atoms with E-state index in [1.54, 1.807) is 6.92 Å². The summed E-state index contributed by atoms with van der Waals surface area (Å²) in [4.78, 5) is 22.2. The normalized spacial score (nSPS) is 15.3. The summed E-state index contributed by atoms with van der Waals surface area (Å²) in [5.41, 5.74) is 1.28. The Morgan fingerprint density at radius 2 is 2.25 bits per heavy atom. The number of halogens is 1. The van der Waals surface area contributed by atoms with E-state index in [0.717, 1.165) is 19.3 Å². The number of nitro benzene ring substituents is 1. The van der Waals surface area contributed by atoms with Crippen LogP contribution < -0.4 is 10.1 Å². The fourth-order valence-electron chi connectivity index (χ4n) is 2.56. The van der Waals surface area contributed by atoms with E-state index in [-0.39, 0.29) is 22.4 Å². The SMILES string of the molecule is CC(Oc1ccc([N+](=O)[O-])cc1Cl)C(=O)NCCC1=CCCCC1. The molecule has 0 saturated heterocycles. The topological polar surface area (TPSA) is 81.5 Å². The summed E-state index contributed by atoms with van der Waals surface area (Å²) in [7, 11) is 0. The molecule has 130 valence electrons. The number of nitrogens with zero attached hydrogens (tertiary/aromatic N) is 1. The van der Waals surface area contributed by atoms with Gasteiger partial charge in [-0.05, 0) is 45.1 Å². The van der Waals surface area contributed by atoms with Crippen LogP contribution in [-0.4, -0.2) is 23.5 Å². The van der Waals surface area contributed by atoms with E-state index in [1.165, 1.54) is 36.6 Å². The van der Waals surface area contributed by atoms with Crippen molar-refractivity contribution in [3.8, 4) is 5.75 Å². The summed E-state index contributed by atoms with van der Waals surface area (Å²) >= 11 is 5.96. The highest BCUT2D eigenvalue weighted by Crippen LogP contribution is 2.29. The van der Waals surface area contributed by atoms with Crippen LogP contribution in [0.3, 0.4) is 0 Å². The maximum Gasteiger partial charge on any atom is 0.271 e. The van der Waals surface area contributed by atoms with E-state index >= 15 is 0 Å². The largest absolute Gasteiger partial charge is 0.479 e. The highest BCUT2D eigenvalue weighted by molar-refractivity contribution is 6.32. The van der Waals surface area contributed by atoms with Gasteiger partial charge < -0.3 is 10.1 Å². The Hall–Kier alpha value is -2.08. The lowest BCUT2D eigenvalue weighted by atomic mass is 9.97. The fraction of sp³-hybridized carbons (Fsp3) is 0.471. The number of nitro groups is 1. The molecule has 24 heavy (non-hydrogen) atoms. The Balaban J connectivity index is 1.82. The first kappa shape index (κ1) is 18.3. The number of carbonyl (C=O) groups is 1. The van der Waals surface area contributed by atoms with Crippen molar-refractivity contribution < 1.29 is 14.5 Å². The van der Waals surface area contributed by atoms with Crippen LogP contribution in [0.25, 0.3) is 0 Å². The highest BCUT2D eigenvalue weighted by atomic mass is 35.5. The molecular weight excluding hydrogens is 332 g/mol. The van der Waals surface area contributed by atoms with Crippen LogP contribution in [0.4, 0.5) is 5.69 Å². The molecule has 6 nitrogen and oxygen atoms in total. The van der Waals surface area contributed by atoms with Crippen molar-refractivity contribution in [1.82, 2.24) is 5.32 Å². The van der Waals surface area contributed by atoms with Crippen LogP contribution in [0.2, 0.25) is 5.02 Å². The second-order valence-corrected chi connectivity index (χ2v) is 6.19. The Bertz CT molecular complexity index is 645. The summed E-state index contributed by atoms with van der Waals surface area (Å²) in [5.74, 6) is 0.0146. The van der Waals surface area contributed by atoms with Crippen molar-refractivity contribution in [3.63, 3.8) is 0 Å². The van der Waals surface area contributed by atoms with Crippen LogP contribution in [0.1, 0.15) is 39.0 Å². The summed E-state index contributed by atoms with van der Waals surface area (Å²) in [6.45, 7) is 2.19. The number of allylic oxidation sites excluding steroid dienone is 1. The zero-order valence-corrected chi connectivity index (χ0v) is 14.3. The standard InChI is InChI=1S/C17H21ClN2O4/c1-12(17(21)19-10-9-13-5-3-2-4-6-13)24-16-8-7-14(20(22)23)11-15(16)18/h5,7-8,11-12H,2-4,6,9-10H2,1H3,(H,19,21). The minimum absolute atomic E-state index is 0.108. The number of amides is 1. The molecule has 0 saturated carbocycles. The van der Waals surface area contributed by atoms with Crippen molar-refractivity contribution in [2.75, 3.05) is 6.54 Å². The minimum Gasteiger partial charge on any atom is -0.479 e. The third kappa shape index (κ3) is 5.23. The summed E-state index contributed by atoms with van der Waals surface area (Å²) in [6, 6.07) is 3.90. The molecule has 1 aromatic carbocycles. The molecule has 0 fully saturated rings. The molecule has 0 bridgehead atoms. The Kier molecular flexibility index (Phi) is 6.61. The van der Waals surface area contributed by atoms with Gasteiger partial charge in [-0.3, -0.25) is 14.9 Å². The number of ether oxygens (including phenoxy) is 1. The molecule has 0 heterocycles.